The molecule has 1 atom stereocenters. The summed E-state index contributed by atoms with van der Waals surface area (Å²) in [4.78, 5) is 30.3. The molecule has 0 bridgehead atoms. The van der Waals surface area contributed by atoms with Gasteiger partial charge < -0.3 is 15.3 Å². The SMILES string of the molecule is O=C1CC(=Cc2cnn3c(NC4CC4)cc(N4CCCC(O)C4)nc23)C(=O)N1. The standard InChI is InChI=1S/C19H22N6O3/c26-14-2-1-5-24(10-14)15-8-16(21-13-3-4-13)25-18(22-15)12(9-20-25)6-11-7-17(27)23-19(11)28/h6,8-9,13-14,21,26H,1-5,7,10H2,(H,23,27,28). The molecule has 3 N–H and O–H groups in total. The van der Waals surface area contributed by atoms with Gasteiger partial charge in [-0.1, -0.05) is 0 Å². The summed E-state index contributed by atoms with van der Waals surface area (Å²) in [7, 11) is 0. The van der Waals surface area contributed by atoms with Crippen LogP contribution in [0.2, 0.25) is 0 Å². The van der Waals surface area contributed by atoms with Crippen LogP contribution in [0.15, 0.2) is 17.8 Å². The van der Waals surface area contributed by atoms with Gasteiger partial charge in [0.15, 0.2) is 5.65 Å². The van der Waals surface area contributed by atoms with Gasteiger partial charge in [0.2, 0.25) is 5.91 Å². The van der Waals surface area contributed by atoms with Gasteiger partial charge in [0.1, 0.15) is 11.6 Å². The lowest BCUT2D eigenvalue weighted by molar-refractivity contribution is -0.124. The summed E-state index contributed by atoms with van der Waals surface area (Å²) in [6.45, 7) is 1.39. The van der Waals surface area contributed by atoms with Crippen molar-refractivity contribution < 1.29 is 14.7 Å². The normalized spacial score (nSPS) is 24.2. The highest BCUT2D eigenvalue weighted by molar-refractivity contribution is 6.15. The van der Waals surface area contributed by atoms with E-state index in [-0.39, 0.29) is 24.3 Å². The third-order valence-corrected chi connectivity index (χ3v) is 5.36. The first-order chi connectivity index (χ1) is 13.6. The number of nitrogens with zero attached hydrogens (tertiary/aromatic N) is 4. The van der Waals surface area contributed by atoms with Gasteiger partial charge in [-0.25, -0.2) is 4.98 Å². The van der Waals surface area contributed by atoms with E-state index in [1.54, 1.807) is 16.8 Å². The molecule has 2 saturated heterocycles. The number of hydrogen-bond acceptors (Lipinski definition) is 7. The average Bonchev–Trinajstić information content (AvgIpc) is 3.30. The maximum absolute atomic E-state index is 11.9. The van der Waals surface area contributed by atoms with Crippen LogP contribution in [-0.2, 0) is 9.59 Å². The van der Waals surface area contributed by atoms with E-state index in [9.17, 15) is 14.7 Å². The Labute approximate surface area is 161 Å². The van der Waals surface area contributed by atoms with Gasteiger partial charge in [0, 0.05) is 36.3 Å². The lowest BCUT2D eigenvalue weighted by Crippen LogP contribution is -2.38. The number of piperidine rings is 1. The summed E-state index contributed by atoms with van der Waals surface area (Å²) in [5, 5.41) is 20.3. The lowest BCUT2D eigenvalue weighted by Gasteiger charge is -2.31. The fourth-order valence-corrected chi connectivity index (χ4v) is 3.74. The minimum atomic E-state index is -0.365. The van der Waals surface area contributed by atoms with Gasteiger partial charge in [-0.3, -0.25) is 14.9 Å². The van der Waals surface area contributed by atoms with Crippen LogP contribution in [0, 0.1) is 0 Å². The van der Waals surface area contributed by atoms with Crippen LogP contribution in [0.4, 0.5) is 11.6 Å². The van der Waals surface area contributed by atoms with E-state index in [1.165, 1.54) is 0 Å². The zero-order valence-corrected chi connectivity index (χ0v) is 15.4. The van der Waals surface area contributed by atoms with E-state index < -0.39 is 0 Å². The highest BCUT2D eigenvalue weighted by atomic mass is 16.3. The van der Waals surface area contributed by atoms with Crippen molar-refractivity contribution in [3.05, 3.63) is 23.4 Å². The Hall–Kier alpha value is -2.94. The molecule has 0 aromatic carbocycles. The molecule has 2 amide bonds. The molecule has 9 heteroatoms. The van der Waals surface area contributed by atoms with Crippen molar-refractivity contribution in [1.82, 2.24) is 19.9 Å². The first kappa shape index (κ1) is 17.2. The molecule has 146 valence electrons. The number of aliphatic hydroxyl groups excluding tert-OH is 1. The molecule has 1 aliphatic carbocycles. The molecule has 1 saturated carbocycles. The Morgan fingerprint density at radius 2 is 2.14 bits per heavy atom. The van der Waals surface area contributed by atoms with Crippen molar-refractivity contribution in [3.8, 4) is 0 Å². The predicted octanol–water partition coefficient (Wildman–Crippen LogP) is 0.695. The predicted molar refractivity (Wildman–Crippen MR) is 103 cm³/mol. The summed E-state index contributed by atoms with van der Waals surface area (Å²) in [5.74, 6) is 0.969. The van der Waals surface area contributed by atoms with Crippen LogP contribution in [0.3, 0.4) is 0 Å². The summed E-state index contributed by atoms with van der Waals surface area (Å²) in [5.41, 5.74) is 1.73. The summed E-state index contributed by atoms with van der Waals surface area (Å²) in [6.07, 6.45) is 7.04. The third-order valence-electron chi connectivity index (χ3n) is 5.36. The Balaban J connectivity index is 1.58. The molecule has 0 radical (unpaired) electrons. The van der Waals surface area contributed by atoms with Gasteiger partial charge in [-0.05, 0) is 31.8 Å². The summed E-state index contributed by atoms with van der Waals surface area (Å²) >= 11 is 0. The second-order valence-electron chi connectivity index (χ2n) is 7.72. The Bertz CT molecular complexity index is 993. The van der Waals surface area contributed by atoms with Crippen LogP contribution < -0.4 is 15.5 Å². The number of rotatable bonds is 4. The van der Waals surface area contributed by atoms with E-state index in [2.05, 4.69) is 20.6 Å². The fourth-order valence-electron chi connectivity index (χ4n) is 3.74. The smallest absolute Gasteiger partial charge is 0.254 e. The molecule has 5 rings (SSSR count). The maximum atomic E-state index is 11.9. The molecule has 1 unspecified atom stereocenters. The van der Waals surface area contributed by atoms with Crippen molar-refractivity contribution in [2.45, 2.75) is 44.2 Å². The van der Waals surface area contributed by atoms with Crippen LogP contribution in [0.5, 0.6) is 0 Å². The molecular formula is C19H22N6O3. The van der Waals surface area contributed by atoms with E-state index in [0.29, 0.717) is 29.4 Å². The van der Waals surface area contributed by atoms with Crippen molar-refractivity contribution in [2.24, 2.45) is 0 Å². The highest BCUT2D eigenvalue weighted by Gasteiger charge is 2.27. The average molecular weight is 382 g/mol. The third kappa shape index (κ3) is 3.22. The van der Waals surface area contributed by atoms with Crippen LogP contribution in [0.25, 0.3) is 11.7 Å². The largest absolute Gasteiger partial charge is 0.391 e. The zero-order chi connectivity index (χ0) is 19.3. The number of aliphatic hydroxyl groups is 1. The van der Waals surface area contributed by atoms with E-state index in [0.717, 1.165) is 43.9 Å². The number of fused-ring (bicyclic) bond motifs is 1. The number of amides is 2. The number of hydrogen-bond donors (Lipinski definition) is 3. The topological polar surface area (TPSA) is 112 Å². The quantitative estimate of drug-likeness (QED) is 0.527. The Morgan fingerprint density at radius 3 is 2.86 bits per heavy atom. The lowest BCUT2D eigenvalue weighted by atomic mass is 10.1. The number of carbonyl (C=O) groups excluding carboxylic acids is 2. The van der Waals surface area contributed by atoms with Gasteiger partial charge in [-0.2, -0.15) is 9.61 Å². The molecular weight excluding hydrogens is 360 g/mol. The molecule has 0 spiro atoms. The second-order valence-corrected chi connectivity index (χ2v) is 7.72. The minimum absolute atomic E-state index is 0.0708. The summed E-state index contributed by atoms with van der Waals surface area (Å²) in [6, 6.07) is 2.41. The minimum Gasteiger partial charge on any atom is -0.391 e. The molecule has 9 nitrogen and oxygen atoms in total. The van der Waals surface area contributed by atoms with E-state index in [1.807, 2.05) is 6.07 Å². The number of aromatic nitrogens is 3. The van der Waals surface area contributed by atoms with Gasteiger partial charge in [-0.15, -0.1) is 0 Å². The fraction of sp³-hybridized carbons (Fsp3) is 0.474. The number of imide groups is 1. The molecule has 2 aromatic rings. The van der Waals surface area contributed by atoms with Crippen LogP contribution in [0.1, 0.15) is 37.7 Å². The van der Waals surface area contributed by atoms with Gasteiger partial charge in [0.25, 0.3) is 5.91 Å². The number of anilines is 2. The van der Waals surface area contributed by atoms with E-state index in [4.69, 9.17) is 4.98 Å². The Morgan fingerprint density at radius 1 is 1.29 bits per heavy atom. The van der Waals surface area contributed by atoms with Crippen molar-refractivity contribution in [2.75, 3.05) is 23.3 Å². The number of carbonyl (C=O) groups is 2. The number of nitrogens with one attached hydrogen (secondary N) is 2. The monoisotopic (exact) mass is 382 g/mol. The van der Waals surface area contributed by atoms with Gasteiger partial charge >= 0.3 is 0 Å². The van der Waals surface area contributed by atoms with E-state index >= 15 is 0 Å². The number of β-amino-alcohol motifs (C(OH)–C–C–N with tert-alkyl or cyclic N) is 1. The zero-order valence-electron chi connectivity index (χ0n) is 15.4. The first-order valence-electron chi connectivity index (χ1n) is 9.70. The molecule has 4 heterocycles. The molecule has 2 aromatic heterocycles. The van der Waals surface area contributed by atoms with Crippen molar-refractivity contribution >= 4 is 35.2 Å². The van der Waals surface area contributed by atoms with Crippen LogP contribution >= 0.6 is 0 Å². The molecule has 3 aliphatic rings. The second kappa shape index (κ2) is 6.59. The van der Waals surface area contributed by atoms with Crippen LogP contribution in [-0.4, -0.2) is 56.8 Å². The molecule has 28 heavy (non-hydrogen) atoms. The summed E-state index contributed by atoms with van der Waals surface area (Å²) < 4.78 is 1.74. The maximum Gasteiger partial charge on any atom is 0.254 e. The highest BCUT2D eigenvalue weighted by Crippen LogP contribution is 2.29. The Kier molecular flexibility index (Phi) is 4.04. The van der Waals surface area contributed by atoms with Crippen molar-refractivity contribution in [1.29, 1.82) is 0 Å². The first-order valence-corrected chi connectivity index (χ1v) is 9.70. The molecule has 3 fully saturated rings. The molecule has 2 aliphatic heterocycles. The van der Waals surface area contributed by atoms with Gasteiger partial charge in [0.05, 0.1) is 18.7 Å². The van der Waals surface area contributed by atoms with Crippen molar-refractivity contribution in [3.63, 3.8) is 0 Å².